The molecule has 0 aromatic carbocycles. The van der Waals surface area contributed by atoms with Crippen molar-refractivity contribution in [2.45, 2.75) is 37.8 Å². The first kappa shape index (κ1) is 13.6. The fourth-order valence-electron chi connectivity index (χ4n) is 4.05. The Morgan fingerprint density at radius 3 is 2.76 bits per heavy atom. The Kier molecular flexibility index (Phi) is 3.65. The highest BCUT2D eigenvalue weighted by molar-refractivity contribution is 5.24. The third-order valence-corrected chi connectivity index (χ3v) is 5.38. The summed E-state index contributed by atoms with van der Waals surface area (Å²) >= 11 is 0. The van der Waals surface area contributed by atoms with Crippen molar-refractivity contribution in [3.63, 3.8) is 0 Å². The molecule has 21 heavy (non-hydrogen) atoms. The van der Waals surface area contributed by atoms with Crippen molar-refractivity contribution in [3.8, 4) is 0 Å². The number of aromatic nitrogens is 2. The maximum Gasteiger partial charge on any atom is 0.146 e. The molecule has 1 aliphatic carbocycles. The van der Waals surface area contributed by atoms with Crippen LogP contribution in [0.3, 0.4) is 0 Å². The lowest BCUT2D eigenvalue weighted by Gasteiger charge is -2.46. The Morgan fingerprint density at radius 1 is 1.19 bits per heavy atom. The second-order valence-corrected chi connectivity index (χ2v) is 6.57. The van der Waals surface area contributed by atoms with E-state index in [0.717, 1.165) is 18.8 Å². The molecule has 114 valence electrons. The Labute approximate surface area is 126 Å². The average Bonchev–Trinajstić information content (AvgIpc) is 2.77. The molecule has 2 bridgehead atoms. The minimum absolute atomic E-state index is 0.411. The first-order valence-electron chi connectivity index (χ1n) is 8.34. The molecule has 4 aliphatic rings. The van der Waals surface area contributed by atoms with E-state index in [1.165, 1.54) is 56.7 Å². The molecule has 5 nitrogen and oxygen atoms in total. The van der Waals surface area contributed by atoms with Gasteiger partial charge in [-0.2, -0.15) is 0 Å². The molecule has 5 rings (SSSR count). The molecular formula is C16H25N5. The van der Waals surface area contributed by atoms with Gasteiger partial charge in [0.1, 0.15) is 5.82 Å². The first-order valence-corrected chi connectivity index (χ1v) is 8.34. The molecular weight excluding hydrogens is 262 g/mol. The van der Waals surface area contributed by atoms with Crippen LogP contribution >= 0.6 is 0 Å². The molecule has 3 saturated heterocycles. The second-order valence-electron chi connectivity index (χ2n) is 6.57. The zero-order valence-corrected chi connectivity index (χ0v) is 12.9. The van der Waals surface area contributed by atoms with Gasteiger partial charge in [0.15, 0.2) is 0 Å². The van der Waals surface area contributed by atoms with Crippen LogP contribution in [0, 0.1) is 0 Å². The van der Waals surface area contributed by atoms with Crippen LogP contribution in [0.2, 0.25) is 0 Å². The molecule has 5 heteroatoms. The smallest absolute Gasteiger partial charge is 0.146 e. The molecule has 3 aliphatic heterocycles. The summed E-state index contributed by atoms with van der Waals surface area (Å²) in [5, 5.41) is 3.43. The van der Waals surface area contributed by atoms with Gasteiger partial charge in [-0.05, 0) is 26.3 Å². The number of fused-ring (bicyclic) bond motifs is 4. The highest BCUT2D eigenvalue weighted by Gasteiger charge is 2.35. The summed E-state index contributed by atoms with van der Waals surface area (Å²) in [6.45, 7) is 5.87. The summed E-state index contributed by atoms with van der Waals surface area (Å²) in [4.78, 5) is 14.9. The van der Waals surface area contributed by atoms with E-state index in [-0.39, 0.29) is 0 Å². The molecule has 0 spiro atoms. The van der Waals surface area contributed by atoms with Crippen molar-refractivity contribution in [2.75, 3.05) is 39.8 Å². The molecule has 0 radical (unpaired) electrons. The summed E-state index contributed by atoms with van der Waals surface area (Å²) in [6, 6.07) is 0.845. The zero-order valence-electron chi connectivity index (χ0n) is 12.9. The quantitative estimate of drug-likeness (QED) is 0.826. The molecule has 4 heterocycles. The number of aryl methyl sites for hydroxylation is 1. The van der Waals surface area contributed by atoms with Gasteiger partial charge in [-0.15, -0.1) is 0 Å². The van der Waals surface area contributed by atoms with Crippen LogP contribution in [0.15, 0.2) is 6.20 Å². The highest BCUT2D eigenvalue weighted by Crippen LogP contribution is 2.30. The Morgan fingerprint density at radius 2 is 2.05 bits per heavy atom. The standard InChI is InChI=1S/C16H25N5/c1-17-13-4-2-3-5-14-12(13)10-18-16(19-14)15-11-20-6-8-21(15)9-7-20/h10,13,15,17H,2-9,11H2,1H3. The number of rotatable bonds is 2. The lowest BCUT2D eigenvalue weighted by atomic mass is 10.0. The number of hydrogen-bond acceptors (Lipinski definition) is 5. The van der Waals surface area contributed by atoms with E-state index in [0.29, 0.717) is 12.1 Å². The number of hydrogen-bond donors (Lipinski definition) is 1. The van der Waals surface area contributed by atoms with E-state index in [1.54, 1.807) is 0 Å². The molecule has 2 atom stereocenters. The number of nitrogens with one attached hydrogen (secondary N) is 1. The molecule has 0 amide bonds. The summed E-state index contributed by atoms with van der Waals surface area (Å²) < 4.78 is 0. The van der Waals surface area contributed by atoms with E-state index in [1.807, 2.05) is 7.05 Å². The molecule has 3 fully saturated rings. The van der Waals surface area contributed by atoms with Gasteiger partial charge in [-0.1, -0.05) is 6.42 Å². The zero-order chi connectivity index (χ0) is 14.2. The number of piperazine rings is 3. The summed E-state index contributed by atoms with van der Waals surface area (Å²) in [5.74, 6) is 1.05. The third-order valence-electron chi connectivity index (χ3n) is 5.38. The summed E-state index contributed by atoms with van der Waals surface area (Å²) in [7, 11) is 2.05. The topological polar surface area (TPSA) is 44.3 Å². The highest BCUT2D eigenvalue weighted by atomic mass is 15.4. The first-order chi connectivity index (χ1) is 10.3. The van der Waals surface area contributed by atoms with Crippen LogP contribution in [0.1, 0.15) is 48.4 Å². The normalized spacial score (nSPS) is 35.3. The van der Waals surface area contributed by atoms with Crippen LogP contribution < -0.4 is 5.32 Å². The van der Waals surface area contributed by atoms with E-state index in [4.69, 9.17) is 9.97 Å². The number of nitrogens with zero attached hydrogens (tertiary/aromatic N) is 4. The minimum atomic E-state index is 0.411. The van der Waals surface area contributed by atoms with Gasteiger partial charge in [0.05, 0.1) is 6.04 Å². The lowest BCUT2D eigenvalue weighted by Crippen LogP contribution is -2.57. The van der Waals surface area contributed by atoms with Crippen molar-refractivity contribution >= 4 is 0 Å². The van der Waals surface area contributed by atoms with Crippen molar-refractivity contribution in [1.82, 2.24) is 25.1 Å². The monoisotopic (exact) mass is 287 g/mol. The minimum Gasteiger partial charge on any atom is -0.313 e. The second kappa shape index (κ2) is 5.63. The van der Waals surface area contributed by atoms with E-state index in [2.05, 4.69) is 21.3 Å². The van der Waals surface area contributed by atoms with Gasteiger partial charge in [0.25, 0.3) is 0 Å². The molecule has 1 aromatic rings. The van der Waals surface area contributed by atoms with Gasteiger partial charge in [-0.3, -0.25) is 9.80 Å². The van der Waals surface area contributed by atoms with E-state index >= 15 is 0 Å². The maximum atomic E-state index is 4.99. The van der Waals surface area contributed by atoms with Gasteiger partial charge in [0.2, 0.25) is 0 Å². The predicted molar refractivity (Wildman–Crippen MR) is 82.1 cm³/mol. The fraction of sp³-hybridized carbons (Fsp3) is 0.750. The van der Waals surface area contributed by atoms with Crippen molar-refractivity contribution in [1.29, 1.82) is 0 Å². The predicted octanol–water partition coefficient (Wildman–Crippen LogP) is 1.14. The Bertz CT molecular complexity index is 509. The molecule has 1 aromatic heterocycles. The maximum absolute atomic E-state index is 4.99. The average molecular weight is 287 g/mol. The van der Waals surface area contributed by atoms with E-state index in [9.17, 15) is 0 Å². The lowest BCUT2D eigenvalue weighted by molar-refractivity contribution is 0.00853. The van der Waals surface area contributed by atoms with Gasteiger partial charge < -0.3 is 5.32 Å². The Hall–Kier alpha value is -1.04. The molecule has 2 unspecified atom stereocenters. The summed E-state index contributed by atoms with van der Waals surface area (Å²) in [6.07, 6.45) is 6.95. The van der Waals surface area contributed by atoms with Gasteiger partial charge in [-0.25, -0.2) is 9.97 Å². The van der Waals surface area contributed by atoms with Crippen molar-refractivity contribution < 1.29 is 0 Å². The van der Waals surface area contributed by atoms with Crippen LogP contribution in [0.4, 0.5) is 0 Å². The van der Waals surface area contributed by atoms with Crippen LogP contribution in [-0.2, 0) is 6.42 Å². The van der Waals surface area contributed by atoms with Crippen molar-refractivity contribution in [3.05, 3.63) is 23.3 Å². The fourth-order valence-corrected chi connectivity index (χ4v) is 4.05. The van der Waals surface area contributed by atoms with E-state index < -0.39 is 0 Å². The van der Waals surface area contributed by atoms with Crippen LogP contribution in [0.5, 0.6) is 0 Å². The van der Waals surface area contributed by atoms with Gasteiger partial charge >= 0.3 is 0 Å². The SMILES string of the molecule is CNC1CCCCc2nc(C3CN4CCN3CC4)ncc21. The van der Waals surface area contributed by atoms with Gasteiger partial charge in [0, 0.05) is 56.2 Å². The molecule has 1 N–H and O–H groups in total. The van der Waals surface area contributed by atoms with Crippen LogP contribution in [0.25, 0.3) is 0 Å². The Balaban J connectivity index is 1.64. The van der Waals surface area contributed by atoms with Crippen LogP contribution in [-0.4, -0.2) is 59.5 Å². The van der Waals surface area contributed by atoms with Crippen molar-refractivity contribution in [2.24, 2.45) is 0 Å². The third kappa shape index (κ3) is 2.47. The largest absolute Gasteiger partial charge is 0.313 e. The molecule has 0 saturated carbocycles. The summed E-state index contributed by atoms with van der Waals surface area (Å²) in [5.41, 5.74) is 2.62.